The monoisotopic (exact) mass is 372 g/mol. The molecule has 7 heteroatoms. The van der Waals surface area contributed by atoms with E-state index in [1.54, 1.807) is 4.90 Å². The number of rotatable bonds is 3. The molecule has 2 rings (SSSR count). The number of likely N-dealkylation sites (tertiary alicyclic amines) is 1. The van der Waals surface area contributed by atoms with E-state index in [0.717, 1.165) is 30.5 Å². The summed E-state index contributed by atoms with van der Waals surface area (Å²) in [7, 11) is 1.81. The average molecular weight is 372 g/mol. The predicted molar refractivity (Wildman–Crippen MR) is 93.8 cm³/mol. The standard InChI is InChI=1S/C19H27F3N2O2/c1-18(2,3)26-17(25)24-11-9-14(10-12-24)16(23-4)13-5-7-15(8-6-13)19(20,21)22/h5-8,14,16,23H,9-12H2,1-4H3. The molecular weight excluding hydrogens is 345 g/mol. The molecule has 1 fully saturated rings. The molecule has 1 aliphatic heterocycles. The van der Waals surface area contributed by atoms with Crippen molar-refractivity contribution in [2.75, 3.05) is 20.1 Å². The van der Waals surface area contributed by atoms with Crippen molar-refractivity contribution in [2.24, 2.45) is 5.92 Å². The number of piperidine rings is 1. The maximum atomic E-state index is 12.7. The van der Waals surface area contributed by atoms with Crippen LogP contribution in [0.25, 0.3) is 0 Å². The summed E-state index contributed by atoms with van der Waals surface area (Å²) in [6.07, 6.45) is -3.10. The summed E-state index contributed by atoms with van der Waals surface area (Å²) >= 11 is 0. The minimum Gasteiger partial charge on any atom is -0.444 e. The molecule has 0 saturated carbocycles. The third-order valence-electron chi connectivity index (χ3n) is 4.57. The normalized spacial score (nSPS) is 17.9. The predicted octanol–water partition coefficient (Wildman–Crippen LogP) is 4.61. The van der Waals surface area contributed by atoms with Gasteiger partial charge in [-0.15, -0.1) is 0 Å². The molecule has 26 heavy (non-hydrogen) atoms. The SMILES string of the molecule is CNC(c1ccc(C(F)(F)F)cc1)C1CCN(C(=O)OC(C)(C)C)CC1. The second kappa shape index (κ2) is 7.86. The number of halogens is 3. The van der Waals surface area contributed by atoms with Gasteiger partial charge >= 0.3 is 12.3 Å². The van der Waals surface area contributed by atoms with E-state index in [4.69, 9.17) is 4.74 Å². The van der Waals surface area contributed by atoms with Crippen molar-refractivity contribution in [1.82, 2.24) is 10.2 Å². The summed E-state index contributed by atoms with van der Waals surface area (Å²) in [5, 5.41) is 3.21. The zero-order valence-corrected chi connectivity index (χ0v) is 15.7. The van der Waals surface area contributed by atoms with Gasteiger partial charge in [-0.25, -0.2) is 4.79 Å². The van der Waals surface area contributed by atoms with Gasteiger partial charge < -0.3 is 15.0 Å². The number of hydrogen-bond donors (Lipinski definition) is 1. The van der Waals surface area contributed by atoms with Crippen LogP contribution >= 0.6 is 0 Å². The summed E-state index contributed by atoms with van der Waals surface area (Å²) in [5.74, 6) is 0.246. The molecule has 4 nitrogen and oxygen atoms in total. The quantitative estimate of drug-likeness (QED) is 0.842. The first-order chi connectivity index (χ1) is 12.0. The minimum atomic E-state index is -4.33. The molecule has 1 aliphatic rings. The molecule has 1 amide bonds. The fraction of sp³-hybridized carbons (Fsp3) is 0.632. The molecule has 0 aromatic heterocycles. The van der Waals surface area contributed by atoms with Crippen molar-refractivity contribution >= 4 is 6.09 Å². The van der Waals surface area contributed by atoms with Crippen molar-refractivity contribution in [2.45, 2.75) is 51.4 Å². The summed E-state index contributed by atoms with van der Waals surface area (Å²) in [6.45, 7) is 6.66. The lowest BCUT2D eigenvalue weighted by atomic mass is 9.85. The lowest BCUT2D eigenvalue weighted by molar-refractivity contribution is -0.137. The van der Waals surface area contributed by atoms with Gasteiger partial charge in [-0.2, -0.15) is 13.2 Å². The van der Waals surface area contributed by atoms with Crippen molar-refractivity contribution in [1.29, 1.82) is 0 Å². The number of carbonyl (C=O) groups is 1. The van der Waals surface area contributed by atoms with Crippen LogP contribution in [0, 0.1) is 5.92 Å². The highest BCUT2D eigenvalue weighted by Gasteiger charge is 2.32. The molecular formula is C19H27F3N2O2. The van der Waals surface area contributed by atoms with E-state index in [-0.39, 0.29) is 18.1 Å². The third-order valence-corrected chi connectivity index (χ3v) is 4.57. The Morgan fingerprint density at radius 2 is 1.69 bits per heavy atom. The smallest absolute Gasteiger partial charge is 0.416 e. The van der Waals surface area contributed by atoms with Crippen LogP contribution < -0.4 is 5.32 Å². The Labute approximate surface area is 152 Å². The molecule has 0 spiro atoms. The number of hydrogen-bond acceptors (Lipinski definition) is 3. The highest BCUT2D eigenvalue weighted by atomic mass is 19.4. The van der Waals surface area contributed by atoms with Gasteiger partial charge in [-0.1, -0.05) is 12.1 Å². The molecule has 1 aromatic carbocycles. The summed E-state index contributed by atoms with van der Waals surface area (Å²) in [4.78, 5) is 13.8. The van der Waals surface area contributed by atoms with E-state index in [2.05, 4.69) is 5.32 Å². The molecule has 146 valence electrons. The van der Waals surface area contributed by atoms with E-state index in [0.29, 0.717) is 13.1 Å². The first-order valence-electron chi connectivity index (χ1n) is 8.83. The van der Waals surface area contributed by atoms with Crippen LogP contribution in [0.15, 0.2) is 24.3 Å². The van der Waals surface area contributed by atoms with Gasteiger partial charge in [0.05, 0.1) is 5.56 Å². The lowest BCUT2D eigenvalue weighted by Gasteiger charge is -2.37. The van der Waals surface area contributed by atoms with Gasteiger partial charge in [0.1, 0.15) is 5.60 Å². The first-order valence-corrected chi connectivity index (χ1v) is 8.83. The van der Waals surface area contributed by atoms with Crippen molar-refractivity contribution in [3.8, 4) is 0 Å². The molecule has 0 bridgehead atoms. The van der Waals surface area contributed by atoms with Gasteiger partial charge in [0.2, 0.25) is 0 Å². The number of nitrogens with zero attached hydrogens (tertiary/aromatic N) is 1. The van der Waals surface area contributed by atoms with Gasteiger partial charge in [-0.3, -0.25) is 0 Å². The molecule has 1 saturated heterocycles. The van der Waals surface area contributed by atoms with Crippen LogP contribution in [0.3, 0.4) is 0 Å². The Hall–Kier alpha value is -1.76. The average Bonchev–Trinajstić information content (AvgIpc) is 2.54. The van der Waals surface area contributed by atoms with E-state index in [1.807, 2.05) is 27.8 Å². The van der Waals surface area contributed by atoms with Crippen LogP contribution in [0.5, 0.6) is 0 Å². The van der Waals surface area contributed by atoms with Crippen molar-refractivity contribution < 1.29 is 22.7 Å². The van der Waals surface area contributed by atoms with Gasteiger partial charge in [0, 0.05) is 19.1 Å². The first kappa shape index (κ1) is 20.6. The zero-order valence-electron chi connectivity index (χ0n) is 15.7. The minimum absolute atomic E-state index is 0.0435. The number of carbonyl (C=O) groups excluding carboxylic acids is 1. The fourth-order valence-corrected chi connectivity index (χ4v) is 3.30. The van der Waals surface area contributed by atoms with Crippen molar-refractivity contribution in [3.63, 3.8) is 0 Å². The summed E-state index contributed by atoms with van der Waals surface area (Å²) in [6, 6.07) is 5.26. The molecule has 1 unspecified atom stereocenters. The van der Waals surface area contributed by atoms with Crippen LogP contribution in [-0.2, 0) is 10.9 Å². The van der Waals surface area contributed by atoms with Crippen LogP contribution in [-0.4, -0.2) is 36.7 Å². The molecule has 0 aliphatic carbocycles. The highest BCUT2D eigenvalue weighted by Crippen LogP contribution is 2.34. The molecule has 1 heterocycles. The van der Waals surface area contributed by atoms with Gasteiger partial charge in [-0.05, 0) is 64.3 Å². The summed E-state index contributed by atoms with van der Waals surface area (Å²) in [5.41, 5.74) is -0.339. The maximum Gasteiger partial charge on any atom is 0.416 e. The second-order valence-electron chi connectivity index (χ2n) is 7.69. The van der Waals surface area contributed by atoms with Crippen LogP contribution in [0.2, 0.25) is 0 Å². The van der Waals surface area contributed by atoms with E-state index in [1.165, 1.54) is 12.1 Å². The Morgan fingerprint density at radius 3 is 2.12 bits per heavy atom. The summed E-state index contributed by atoms with van der Waals surface area (Å²) < 4.78 is 43.6. The largest absolute Gasteiger partial charge is 0.444 e. The number of nitrogens with one attached hydrogen (secondary N) is 1. The number of benzene rings is 1. The highest BCUT2D eigenvalue weighted by molar-refractivity contribution is 5.68. The molecule has 0 radical (unpaired) electrons. The molecule has 1 N–H and O–H groups in total. The van der Waals surface area contributed by atoms with E-state index >= 15 is 0 Å². The van der Waals surface area contributed by atoms with E-state index in [9.17, 15) is 18.0 Å². The molecule has 1 aromatic rings. The van der Waals surface area contributed by atoms with Crippen LogP contribution in [0.1, 0.15) is 50.8 Å². The maximum absolute atomic E-state index is 12.7. The Bertz CT molecular complexity index is 601. The zero-order chi connectivity index (χ0) is 19.5. The molecule has 1 atom stereocenters. The van der Waals surface area contributed by atoms with Crippen molar-refractivity contribution in [3.05, 3.63) is 35.4 Å². The van der Waals surface area contributed by atoms with Gasteiger partial charge in [0.25, 0.3) is 0 Å². The Morgan fingerprint density at radius 1 is 1.15 bits per heavy atom. The fourth-order valence-electron chi connectivity index (χ4n) is 3.30. The van der Waals surface area contributed by atoms with Gasteiger partial charge in [0.15, 0.2) is 0 Å². The number of alkyl halides is 3. The number of ether oxygens (including phenoxy) is 1. The second-order valence-corrected chi connectivity index (χ2v) is 7.69. The third kappa shape index (κ3) is 5.37. The Kier molecular flexibility index (Phi) is 6.21. The van der Waals surface area contributed by atoms with E-state index < -0.39 is 17.3 Å². The number of amides is 1. The topological polar surface area (TPSA) is 41.6 Å². The Balaban J connectivity index is 1.99. The van der Waals surface area contributed by atoms with Crippen LogP contribution in [0.4, 0.5) is 18.0 Å². The lowest BCUT2D eigenvalue weighted by Crippen LogP contribution is -2.43.